The summed E-state index contributed by atoms with van der Waals surface area (Å²) in [5, 5.41) is 18.8. The van der Waals surface area contributed by atoms with Crippen LogP contribution >= 0.6 is 0 Å². The minimum Gasteiger partial charge on any atom is -0.390 e. The summed E-state index contributed by atoms with van der Waals surface area (Å²) in [5.41, 5.74) is 5.25. The molecule has 1 amide bonds. The number of nitrogens with two attached hydrogens (primary N) is 1. The predicted molar refractivity (Wildman–Crippen MR) is 119 cm³/mol. The number of carbonyl (C=O) groups excluding carboxylic acids is 2. The molecule has 4 aliphatic rings. The number of nitrogens with zero attached hydrogens (tertiary/aromatic N) is 3. The van der Waals surface area contributed by atoms with Crippen LogP contribution in [-0.2, 0) is 11.3 Å². The van der Waals surface area contributed by atoms with Crippen molar-refractivity contribution in [1.29, 1.82) is 0 Å². The predicted octanol–water partition coefficient (Wildman–Crippen LogP) is 3.36. The molecule has 0 saturated heterocycles. The zero-order valence-electron chi connectivity index (χ0n) is 19.7. The summed E-state index contributed by atoms with van der Waals surface area (Å²) in [6, 6.07) is 0. The molecule has 0 radical (unpaired) electrons. The number of fused-ring (bicyclic) bond motifs is 5. The van der Waals surface area contributed by atoms with Crippen LogP contribution in [0.4, 0.5) is 0 Å². The number of aliphatic hydroxyl groups is 1. The van der Waals surface area contributed by atoms with Crippen LogP contribution in [0.25, 0.3) is 0 Å². The van der Waals surface area contributed by atoms with Crippen molar-refractivity contribution in [3.63, 3.8) is 0 Å². The Labute approximate surface area is 190 Å². The van der Waals surface area contributed by atoms with Gasteiger partial charge < -0.3 is 10.8 Å². The minimum atomic E-state index is -0.622. The highest BCUT2D eigenvalue weighted by atomic mass is 16.3. The van der Waals surface area contributed by atoms with Gasteiger partial charge in [0, 0.05) is 5.92 Å². The van der Waals surface area contributed by atoms with Crippen molar-refractivity contribution in [2.75, 3.05) is 0 Å². The second-order valence-electron chi connectivity index (χ2n) is 12.1. The van der Waals surface area contributed by atoms with E-state index in [-0.39, 0.29) is 29.4 Å². The molecule has 1 aromatic rings. The Hall–Kier alpha value is -1.76. The lowest BCUT2D eigenvalue weighted by Crippen LogP contribution is -2.55. The van der Waals surface area contributed by atoms with Gasteiger partial charge in [-0.05, 0) is 99.2 Å². The Morgan fingerprint density at radius 2 is 1.81 bits per heavy atom. The van der Waals surface area contributed by atoms with Crippen molar-refractivity contribution >= 4 is 11.7 Å². The summed E-state index contributed by atoms with van der Waals surface area (Å²) in [6.07, 6.45) is 11.2. The maximum atomic E-state index is 13.3. The van der Waals surface area contributed by atoms with Crippen LogP contribution in [0.15, 0.2) is 6.20 Å². The molecule has 5 rings (SSSR count). The van der Waals surface area contributed by atoms with Gasteiger partial charge in [-0.15, -0.1) is 5.10 Å². The van der Waals surface area contributed by atoms with Gasteiger partial charge in [0.15, 0.2) is 11.5 Å². The number of hydrogen-bond acceptors (Lipinski definition) is 5. The Balaban J connectivity index is 1.32. The third-order valence-electron chi connectivity index (χ3n) is 10.4. The SMILES string of the molecule is C[C@@]1(O)CC[C@@]2(C)[C@H](CC[C@@H]3[C@@H]2CC[C@]2(C)[C@@H](C(=O)Cn4ncc(C(N)=O)n4)CC[C@@H]32)C1. The molecule has 0 aliphatic heterocycles. The van der Waals surface area contributed by atoms with E-state index < -0.39 is 11.5 Å². The van der Waals surface area contributed by atoms with Crippen LogP contribution in [0.5, 0.6) is 0 Å². The highest BCUT2D eigenvalue weighted by Crippen LogP contribution is 2.68. The van der Waals surface area contributed by atoms with E-state index in [4.69, 9.17) is 5.73 Å². The summed E-state index contributed by atoms with van der Waals surface area (Å²) >= 11 is 0. The zero-order chi connectivity index (χ0) is 22.9. The lowest BCUT2D eigenvalue weighted by atomic mass is 9.44. The topological polar surface area (TPSA) is 111 Å². The first-order valence-corrected chi connectivity index (χ1v) is 12.5. The molecule has 4 aliphatic carbocycles. The Morgan fingerprint density at radius 1 is 1.06 bits per heavy atom. The summed E-state index contributed by atoms with van der Waals surface area (Å²) in [7, 11) is 0. The lowest BCUT2D eigenvalue weighted by Gasteiger charge is -2.61. The van der Waals surface area contributed by atoms with Gasteiger partial charge in [-0.3, -0.25) is 9.59 Å². The Bertz CT molecular complexity index is 926. The van der Waals surface area contributed by atoms with E-state index in [0.717, 1.165) is 44.4 Å². The van der Waals surface area contributed by atoms with E-state index in [1.54, 1.807) is 0 Å². The number of hydrogen-bond donors (Lipinski definition) is 2. The van der Waals surface area contributed by atoms with Gasteiger partial charge in [0.25, 0.3) is 5.91 Å². The average molecular weight is 443 g/mol. The third-order valence-corrected chi connectivity index (χ3v) is 10.4. The monoisotopic (exact) mass is 442 g/mol. The van der Waals surface area contributed by atoms with Gasteiger partial charge in [0.05, 0.1) is 11.8 Å². The summed E-state index contributed by atoms with van der Waals surface area (Å²) < 4.78 is 0. The smallest absolute Gasteiger partial charge is 0.270 e. The summed E-state index contributed by atoms with van der Waals surface area (Å²) in [4.78, 5) is 26.0. The second kappa shape index (κ2) is 7.37. The Morgan fingerprint density at radius 3 is 2.53 bits per heavy atom. The number of carbonyl (C=O) groups is 2. The highest BCUT2D eigenvalue weighted by Gasteiger charge is 2.61. The standard InChI is InChI=1S/C25H38N4O3/c1-23(32)10-11-24(2)15(12-23)4-5-16-17-6-7-19(25(17,3)9-8-18(16)24)21(30)14-29-27-13-20(28-29)22(26)31/h13,15-19,32H,4-12,14H2,1-3H3,(H2,26,31)/t15-,16+,17+,18+,19-,23-,24+,25+/m1/s1. The minimum absolute atomic E-state index is 0.0362. The molecule has 4 fully saturated rings. The molecular weight excluding hydrogens is 404 g/mol. The largest absolute Gasteiger partial charge is 0.390 e. The first kappa shape index (κ1) is 22.1. The molecule has 7 heteroatoms. The fourth-order valence-electron chi connectivity index (χ4n) is 8.70. The van der Waals surface area contributed by atoms with Gasteiger partial charge in [-0.25, -0.2) is 0 Å². The number of Topliss-reactive ketones (excluding diaryl/α,β-unsaturated/α-hetero) is 1. The van der Waals surface area contributed by atoms with Crippen LogP contribution in [-0.4, -0.2) is 37.4 Å². The van der Waals surface area contributed by atoms with E-state index in [1.807, 2.05) is 6.92 Å². The molecule has 32 heavy (non-hydrogen) atoms. The molecule has 1 heterocycles. The van der Waals surface area contributed by atoms with E-state index in [9.17, 15) is 14.7 Å². The fraction of sp³-hybridized carbons (Fsp3) is 0.840. The van der Waals surface area contributed by atoms with Crippen molar-refractivity contribution in [3.8, 4) is 0 Å². The van der Waals surface area contributed by atoms with Crippen molar-refractivity contribution in [3.05, 3.63) is 11.9 Å². The van der Waals surface area contributed by atoms with Gasteiger partial charge in [0.2, 0.25) is 0 Å². The summed E-state index contributed by atoms with van der Waals surface area (Å²) in [5.74, 6) is 2.24. The van der Waals surface area contributed by atoms with Gasteiger partial charge in [-0.1, -0.05) is 13.8 Å². The number of ketones is 1. The first-order chi connectivity index (χ1) is 15.0. The van der Waals surface area contributed by atoms with Gasteiger partial charge in [-0.2, -0.15) is 9.90 Å². The van der Waals surface area contributed by atoms with E-state index in [2.05, 4.69) is 24.0 Å². The normalized spacial score (nSPS) is 45.6. The second-order valence-corrected chi connectivity index (χ2v) is 12.1. The van der Waals surface area contributed by atoms with E-state index in [0.29, 0.717) is 23.2 Å². The van der Waals surface area contributed by atoms with Crippen LogP contribution in [0.1, 0.15) is 89.0 Å². The average Bonchev–Trinajstić information content (AvgIpc) is 3.32. The molecule has 1 aromatic heterocycles. The number of amides is 1. The molecule has 176 valence electrons. The molecule has 7 nitrogen and oxygen atoms in total. The van der Waals surface area contributed by atoms with Crippen molar-refractivity contribution in [1.82, 2.24) is 15.0 Å². The van der Waals surface area contributed by atoms with Crippen molar-refractivity contribution < 1.29 is 14.7 Å². The summed E-state index contributed by atoms with van der Waals surface area (Å²) in [6.45, 7) is 6.99. The van der Waals surface area contributed by atoms with Crippen LogP contribution < -0.4 is 5.73 Å². The van der Waals surface area contributed by atoms with Crippen molar-refractivity contribution in [2.45, 2.75) is 90.7 Å². The zero-order valence-corrected chi connectivity index (χ0v) is 19.7. The molecule has 0 bridgehead atoms. The molecule has 0 spiro atoms. The maximum Gasteiger partial charge on any atom is 0.270 e. The van der Waals surface area contributed by atoms with Crippen LogP contribution in [0, 0.1) is 40.4 Å². The first-order valence-electron chi connectivity index (χ1n) is 12.5. The Kier molecular flexibility index (Phi) is 5.08. The fourth-order valence-corrected chi connectivity index (χ4v) is 8.70. The van der Waals surface area contributed by atoms with Crippen molar-refractivity contribution in [2.24, 2.45) is 46.2 Å². The third kappa shape index (κ3) is 3.34. The lowest BCUT2D eigenvalue weighted by molar-refractivity contribution is -0.151. The molecule has 3 N–H and O–H groups in total. The van der Waals surface area contributed by atoms with Gasteiger partial charge >= 0.3 is 0 Å². The molecule has 0 aromatic carbocycles. The quantitative estimate of drug-likeness (QED) is 0.743. The van der Waals surface area contributed by atoms with Gasteiger partial charge in [0.1, 0.15) is 6.54 Å². The van der Waals surface area contributed by atoms with Crippen LogP contribution in [0.3, 0.4) is 0 Å². The van der Waals surface area contributed by atoms with Crippen LogP contribution in [0.2, 0.25) is 0 Å². The number of aromatic nitrogens is 3. The molecule has 4 saturated carbocycles. The van der Waals surface area contributed by atoms with E-state index >= 15 is 0 Å². The number of primary amides is 1. The maximum absolute atomic E-state index is 13.3. The molecule has 8 atom stereocenters. The molecule has 0 unspecified atom stereocenters. The van der Waals surface area contributed by atoms with E-state index in [1.165, 1.54) is 30.3 Å². The molecular formula is C25H38N4O3. The highest BCUT2D eigenvalue weighted by molar-refractivity contribution is 5.90. The number of rotatable bonds is 4.